The van der Waals surface area contributed by atoms with Crippen LogP contribution in [0.5, 0.6) is 0 Å². The molecule has 3 N–H and O–H groups in total. The highest BCUT2D eigenvalue weighted by Gasteiger charge is 2.26. The Morgan fingerprint density at radius 1 is 1.60 bits per heavy atom. The Morgan fingerprint density at radius 2 is 2.53 bits per heavy atom. The van der Waals surface area contributed by atoms with Crippen LogP contribution in [0.4, 0.5) is 0 Å². The van der Waals surface area contributed by atoms with E-state index in [4.69, 9.17) is 10.5 Å². The third-order valence-corrected chi connectivity index (χ3v) is 2.98. The lowest BCUT2D eigenvalue weighted by atomic mass is 10.1. The Bertz CT molecular complexity index is 213. The van der Waals surface area contributed by atoms with Gasteiger partial charge in [0.15, 0.2) is 0 Å². The van der Waals surface area contributed by atoms with Gasteiger partial charge in [-0.05, 0) is 19.4 Å². The summed E-state index contributed by atoms with van der Waals surface area (Å²) >= 11 is 0. The third kappa shape index (κ3) is 2.90. The van der Waals surface area contributed by atoms with Crippen molar-refractivity contribution in [1.82, 2.24) is 10.2 Å². The van der Waals surface area contributed by atoms with Gasteiger partial charge in [0.25, 0.3) is 0 Å². The molecule has 2 rings (SSSR count). The molecule has 0 amide bonds. The Labute approximate surface area is 90.7 Å². The van der Waals surface area contributed by atoms with E-state index in [-0.39, 0.29) is 0 Å². The van der Waals surface area contributed by atoms with Crippen LogP contribution in [0.1, 0.15) is 12.8 Å². The second kappa shape index (κ2) is 5.44. The van der Waals surface area contributed by atoms with Crippen molar-refractivity contribution in [2.75, 3.05) is 32.8 Å². The Balaban J connectivity index is 1.76. The van der Waals surface area contributed by atoms with Crippen molar-refractivity contribution in [1.29, 1.82) is 0 Å². The predicted octanol–water partition coefficient (Wildman–Crippen LogP) is -0.616. The molecule has 0 saturated carbocycles. The van der Waals surface area contributed by atoms with E-state index in [1.54, 1.807) is 6.34 Å². The molecule has 1 saturated heterocycles. The molecule has 0 bridgehead atoms. The monoisotopic (exact) mass is 212 g/mol. The number of nitrogens with zero attached hydrogens (tertiary/aromatic N) is 2. The van der Waals surface area contributed by atoms with Gasteiger partial charge in [-0.25, -0.2) is 0 Å². The molecule has 0 aromatic rings. The Morgan fingerprint density at radius 3 is 3.27 bits per heavy atom. The molecule has 0 aliphatic carbocycles. The summed E-state index contributed by atoms with van der Waals surface area (Å²) in [5, 5.41) is 3.26. The van der Waals surface area contributed by atoms with Gasteiger partial charge in [0.1, 0.15) is 6.17 Å². The maximum atomic E-state index is 5.70. The largest absolute Gasteiger partial charge is 0.376 e. The fourth-order valence-electron chi connectivity index (χ4n) is 2.11. The van der Waals surface area contributed by atoms with Crippen molar-refractivity contribution in [3.8, 4) is 0 Å². The smallest absolute Gasteiger partial charge is 0.100 e. The molecule has 15 heavy (non-hydrogen) atoms. The minimum Gasteiger partial charge on any atom is -0.376 e. The number of ether oxygens (including phenoxy) is 1. The fraction of sp³-hybridized carbons (Fsp3) is 0.900. The van der Waals surface area contributed by atoms with Crippen LogP contribution >= 0.6 is 0 Å². The first-order valence-corrected chi connectivity index (χ1v) is 5.70. The molecule has 2 aliphatic heterocycles. The summed E-state index contributed by atoms with van der Waals surface area (Å²) in [5.41, 5.74) is 5.50. The highest BCUT2D eigenvalue weighted by molar-refractivity contribution is 5.57. The standard InChI is InChI=1S/C10H20N4O/c11-3-1-2-9-7-14(4-5-15-9)10-6-12-8-13-10/h8-10H,1-7,11H2,(H,12,13). The fourth-order valence-corrected chi connectivity index (χ4v) is 2.11. The van der Waals surface area contributed by atoms with Crippen LogP contribution in [0.3, 0.4) is 0 Å². The van der Waals surface area contributed by atoms with Gasteiger partial charge in [-0.3, -0.25) is 9.89 Å². The molecule has 86 valence electrons. The van der Waals surface area contributed by atoms with Crippen LogP contribution in [0.25, 0.3) is 0 Å². The van der Waals surface area contributed by atoms with Crippen LogP contribution in [0, 0.1) is 0 Å². The molecule has 0 aromatic carbocycles. The summed E-state index contributed by atoms with van der Waals surface area (Å²) in [6.45, 7) is 4.45. The van der Waals surface area contributed by atoms with Crippen molar-refractivity contribution in [2.24, 2.45) is 10.7 Å². The highest BCUT2D eigenvalue weighted by Crippen LogP contribution is 2.13. The molecular weight excluding hydrogens is 192 g/mol. The maximum absolute atomic E-state index is 5.70. The van der Waals surface area contributed by atoms with Gasteiger partial charge in [-0.1, -0.05) is 0 Å². The van der Waals surface area contributed by atoms with Gasteiger partial charge in [0.2, 0.25) is 0 Å². The summed E-state index contributed by atoms with van der Waals surface area (Å²) in [6.07, 6.45) is 4.65. The molecule has 0 aromatic heterocycles. The lowest BCUT2D eigenvalue weighted by molar-refractivity contribution is -0.0464. The summed E-state index contributed by atoms with van der Waals surface area (Å²) < 4.78 is 5.70. The maximum Gasteiger partial charge on any atom is 0.100 e. The number of aliphatic imine (C=N–C) groups is 1. The zero-order chi connectivity index (χ0) is 10.5. The van der Waals surface area contributed by atoms with Crippen molar-refractivity contribution >= 4 is 6.34 Å². The number of hydrogen-bond donors (Lipinski definition) is 2. The van der Waals surface area contributed by atoms with Gasteiger partial charge < -0.3 is 15.8 Å². The minimum atomic E-state index is 0.352. The van der Waals surface area contributed by atoms with E-state index < -0.39 is 0 Å². The van der Waals surface area contributed by atoms with E-state index in [0.29, 0.717) is 12.3 Å². The SMILES string of the molecule is NCCCC1CN(C2CN=CN2)CCO1. The average molecular weight is 212 g/mol. The van der Waals surface area contributed by atoms with Crippen LogP contribution < -0.4 is 11.1 Å². The zero-order valence-corrected chi connectivity index (χ0v) is 9.06. The Hall–Kier alpha value is -0.650. The van der Waals surface area contributed by atoms with Crippen molar-refractivity contribution < 1.29 is 4.74 Å². The van der Waals surface area contributed by atoms with Gasteiger partial charge in [0, 0.05) is 13.1 Å². The second-order valence-corrected chi connectivity index (χ2v) is 4.10. The van der Waals surface area contributed by atoms with Crippen LogP contribution in [-0.4, -0.2) is 56.3 Å². The van der Waals surface area contributed by atoms with Gasteiger partial charge in [-0.2, -0.15) is 0 Å². The van der Waals surface area contributed by atoms with E-state index in [1.807, 2.05) is 0 Å². The molecule has 2 heterocycles. The van der Waals surface area contributed by atoms with E-state index in [0.717, 1.165) is 45.6 Å². The summed E-state index contributed by atoms with van der Waals surface area (Å²) in [7, 11) is 0. The van der Waals surface area contributed by atoms with Gasteiger partial charge in [0.05, 0.1) is 25.6 Å². The molecule has 2 atom stereocenters. The van der Waals surface area contributed by atoms with E-state index in [9.17, 15) is 0 Å². The number of nitrogens with one attached hydrogen (secondary N) is 1. The Kier molecular flexibility index (Phi) is 3.94. The van der Waals surface area contributed by atoms with Crippen molar-refractivity contribution in [3.63, 3.8) is 0 Å². The number of rotatable bonds is 4. The van der Waals surface area contributed by atoms with Crippen molar-refractivity contribution in [2.45, 2.75) is 25.1 Å². The topological polar surface area (TPSA) is 62.9 Å². The number of morpholine rings is 1. The third-order valence-electron chi connectivity index (χ3n) is 2.98. The molecule has 1 fully saturated rings. The lowest BCUT2D eigenvalue weighted by Gasteiger charge is -2.36. The summed E-state index contributed by atoms with van der Waals surface area (Å²) in [6, 6.07) is 0. The predicted molar refractivity (Wildman–Crippen MR) is 59.9 cm³/mol. The van der Waals surface area contributed by atoms with Crippen LogP contribution in [0.15, 0.2) is 4.99 Å². The molecular formula is C10H20N4O. The lowest BCUT2D eigenvalue weighted by Crippen LogP contribution is -2.52. The number of nitrogens with two attached hydrogens (primary N) is 1. The van der Waals surface area contributed by atoms with Crippen molar-refractivity contribution in [3.05, 3.63) is 0 Å². The van der Waals surface area contributed by atoms with E-state index >= 15 is 0 Å². The first-order valence-electron chi connectivity index (χ1n) is 5.70. The van der Waals surface area contributed by atoms with E-state index in [2.05, 4.69) is 15.2 Å². The number of hydrogen-bond acceptors (Lipinski definition) is 5. The molecule has 0 spiro atoms. The molecule has 5 nitrogen and oxygen atoms in total. The normalized spacial score (nSPS) is 31.8. The second-order valence-electron chi connectivity index (χ2n) is 4.10. The van der Waals surface area contributed by atoms with Crippen LogP contribution in [0.2, 0.25) is 0 Å². The highest BCUT2D eigenvalue weighted by atomic mass is 16.5. The minimum absolute atomic E-state index is 0.352. The molecule has 2 aliphatic rings. The first-order chi connectivity index (χ1) is 7.40. The molecule has 5 heteroatoms. The van der Waals surface area contributed by atoms with E-state index in [1.165, 1.54) is 0 Å². The molecule has 2 unspecified atom stereocenters. The quantitative estimate of drug-likeness (QED) is 0.652. The summed E-state index contributed by atoms with van der Waals surface area (Å²) in [5.74, 6) is 0. The first kappa shape index (κ1) is 10.9. The molecule has 0 radical (unpaired) electrons. The van der Waals surface area contributed by atoms with Gasteiger partial charge in [-0.15, -0.1) is 0 Å². The van der Waals surface area contributed by atoms with Gasteiger partial charge >= 0.3 is 0 Å². The summed E-state index contributed by atoms with van der Waals surface area (Å²) in [4.78, 5) is 6.60. The average Bonchev–Trinajstić information content (AvgIpc) is 2.80. The van der Waals surface area contributed by atoms with Crippen LogP contribution in [-0.2, 0) is 4.74 Å². The zero-order valence-electron chi connectivity index (χ0n) is 9.06.